The predicted octanol–water partition coefficient (Wildman–Crippen LogP) is 3.67. The van der Waals surface area contributed by atoms with Crippen LogP contribution in [0.2, 0.25) is 5.02 Å². The fraction of sp³-hybridized carbons (Fsp3) is 0.333. The maximum atomic E-state index is 6.28. The molecule has 0 aliphatic carbocycles. The van der Waals surface area contributed by atoms with Crippen LogP contribution in [0.5, 0.6) is 17.2 Å². The van der Waals surface area contributed by atoms with Gasteiger partial charge in [-0.25, -0.2) is 0 Å². The number of benzene rings is 2. The minimum absolute atomic E-state index is 0.599. The molecule has 0 bridgehead atoms. The van der Waals surface area contributed by atoms with Crippen LogP contribution in [0.15, 0.2) is 42.5 Å². The molecule has 0 unspecified atom stereocenters. The second kappa shape index (κ2) is 8.09. The van der Waals surface area contributed by atoms with Crippen LogP contribution in [-0.4, -0.2) is 26.4 Å². The zero-order chi connectivity index (χ0) is 15.9. The van der Waals surface area contributed by atoms with Crippen LogP contribution in [0.4, 0.5) is 0 Å². The molecule has 0 atom stereocenters. The number of halogens is 1. The highest BCUT2D eigenvalue weighted by molar-refractivity contribution is 6.32. The zero-order valence-corrected chi connectivity index (χ0v) is 13.6. The molecule has 1 N–H and O–H groups in total. The molecule has 0 amide bonds. The molecule has 0 saturated heterocycles. The first-order valence-electron chi connectivity index (χ1n) is 7.79. The van der Waals surface area contributed by atoms with Crippen molar-refractivity contribution in [2.24, 2.45) is 0 Å². The third kappa shape index (κ3) is 4.53. The summed E-state index contributed by atoms with van der Waals surface area (Å²) in [4.78, 5) is 0. The van der Waals surface area contributed by atoms with E-state index in [1.54, 1.807) is 0 Å². The van der Waals surface area contributed by atoms with Crippen LogP contribution in [0, 0.1) is 0 Å². The van der Waals surface area contributed by atoms with Crippen molar-refractivity contribution < 1.29 is 14.2 Å². The summed E-state index contributed by atoms with van der Waals surface area (Å²) in [7, 11) is 0. The van der Waals surface area contributed by atoms with E-state index in [9.17, 15) is 0 Å². The fourth-order valence-corrected chi connectivity index (χ4v) is 2.66. The summed E-state index contributed by atoms with van der Waals surface area (Å²) in [6.45, 7) is 3.37. The minimum Gasteiger partial charge on any atom is -0.492 e. The fourth-order valence-electron chi connectivity index (χ4n) is 2.38. The Bertz CT molecular complexity index is 634. The Morgan fingerprint density at radius 1 is 1.09 bits per heavy atom. The molecule has 0 saturated carbocycles. The first-order valence-corrected chi connectivity index (χ1v) is 8.17. The summed E-state index contributed by atoms with van der Waals surface area (Å²) in [5, 5.41) is 3.94. The SMILES string of the molecule is Clc1cc(CNCCOc2ccccc2)cc2c1OCCCO2. The first kappa shape index (κ1) is 16.0. The van der Waals surface area contributed by atoms with Crippen LogP contribution in [-0.2, 0) is 6.54 Å². The molecule has 2 aromatic carbocycles. The second-order valence-corrected chi connectivity index (χ2v) is 5.70. The lowest BCUT2D eigenvalue weighted by atomic mass is 10.2. The van der Waals surface area contributed by atoms with Crippen molar-refractivity contribution >= 4 is 11.6 Å². The van der Waals surface area contributed by atoms with Gasteiger partial charge in [0.25, 0.3) is 0 Å². The lowest BCUT2D eigenvalue weighted by molar-refractivity contribution is 0.297. The molecule has 3 rings (SSSR count). The van der Waals surface area contributed by atoms with Crippen LogP contribution in [0.3, 0.4) is 0 Å². The lowest BCUT2D eigenvalue weighted by Gasteiger charge is -2.12. The molecular formula is C18H20ClNO3. The second-order valence-electron chi connectivity index (χ2n) is 5.29. The molecule has 0 aromatic heterocycles. The Kier molecular flexibility index (Phi) is 5.61. The maximum absolute atomic E-state index is 6.28. The molecule has 0 spiro atoms. The smallest absolute Gasteiger partial charge is 0.179 e. The minimum atomic E-state index is 0.599. The maximum Gasteiger partial charge on any atom is 0.179 e. The number of hydrogen-bond acceptors (Lipinski definition) is 4. The molecule has 5 heteroatoms. The molecule has 23 heavy (non-hydrogen) atoms. The highest BCUT2D eigenvalue weighted by Gasteiger charge is 2.15. The molecule has 4 nitrogen and oxygen atoms in total. The van der Waals surface area contributed by atoms with Gasteiger partial charge in [-0.05, 0) is 29.8 Å². The van der Waals surface area contributed by atoms with Gasteiger partial charge in [0.15, 0.2) is 11.5 Å². The number of rotatable bonds is 6. The summed E-state index contributed by atoms with van der Waals surface area (Å²) in [6.07, 6.45) is 0.870. The zero-order valence-electron chi connectivity index (χ0n) is 12.9. The van der Waals surface area contributed by atoms with Gasteiger partial charge in [0.05, 0.1) is 18.2 Å². The van der Waals surface area contributed by atoms with Gasteiger partial charge in [-0.1, -0.05) is 29.8 Å². The van der Waals surface area contributed by atoms with E-state index in [4.69, 9.17) is 25.8 Å². The molecule has 0 radical (unpaired) electrons. The predicted molar refractivity (Wildman–Crippen MR) is 90.7 cm³/mol. The quantitative estimate of drug-likeness (QED) is 0.819. The van der Waals surface area contributed by atoms with Gasteiger partial charge in [0.2, 0.25) is 0 Å². The van der Waals surface area contributed by atoms with E-state index in [2.05, 4.69) is 5.32 Å². The Morgan fingerprint density at radius 2 is 1.91 bits per heavy atom. The summed E-state index contributed by atoms with van der Waals surface area (Å²) in [5.74, 6) is 2.26. The standard InChI is InChI=1S/C18H20ClNO3/c19-16-11-14(12-17-18(16)23-9-4-8-22-17)13-20-7-10-21-15-5-2-1-3-6-15/h1-3,5-6,11-12,20H,4,7-10,13H2. The van der Waals surface area contributed by atoms with E-state index in [-0.39, 0.29) is 0 Å². The van der Waals surface area contributed by atoms with Crippen molar-refractivity contribution in [3.63, 3.8) is 0 Å². The van der Waals surface area contributed by atoms with Gasteiger partial charge < -0.3 is 19.5 Å². The molecular weight excluding hydrogens is 314 g/mol. The highest BCUT2D eigenvalue weighted by Crippen LogP contribution is 2.37. The van der Waals surface area contributed by atoms with Crippen LogP contribution in [0.25, 0.3) is 0 Å². The van der Waals surface area contributed by atoms with Crippen molar-refractivity contribution in [2.75, 3.05) is 26.4 Å². The Hall–Kier alpha value is -1.91. The van der Waals surface area contributed by atoms with Gasteiger partial charge in [-0.3, -0.25) is 0 Å². The molecule has 1 aliphatic heterocycles. The van der Waals surface area contributed by atoms with Crippen molar-refractivity contribution in [3.05, 3.63) is 53.1 Å². The molecule has 2 aromatic rings. The Balaban J connectivity index is 1.48. The van der Waals surface area contributed by atoms with Crippen molar-refractivity contribution in [3.8, 4) is 17.2 Å². The number of para-hydroxylation sites is 1. The number of hydrogen-bond donors (Lipinski definition) is 1. The Labute approximate surface area is 141 Å². The van der Waals surface area contributed by atoms with Gasteiger partial charge in [-0.2, -0.15) is 0 Å². The van der Waals surface area contributed by atoms with E-state index in [0.29, 0.717) is 37.1 Å². The summed E-state index contributed by atoms with van der Waals surface area (Å²) >= 11 is 6.28. The third-order valence-corrected chi connectivity index (χ3v) is 3.76. The van der Waals surface area contributed by atoms with Crippen LogP contribution >= 0.6 is 11.6 Å². The van der Waals surface area contributed by atoms with Gasteiger partial charge in [-0.15, -0.1) is 0 Å². The molecule has 122 valence electrons. The highest BCUT2D eigenvalue weighted by atomic mass is 35.5. The molecule has 1 heterocycles. The number of nitrogens with one attached hydrogen (secondary N) is 1. The van der Waals surface area contributed by atoms with E-state index in [0.717, 1.165) is 30.0 Å². The van der Waals surface area contributed by atoms with Crippen LogP contribution in [0.1, 0.15) is 12.0 Å². The molecule has 1 aliphatic rings. The monoisotopic (exact) mass is 333 g/mol. The van der Waals surface area contributed by atoms with Crippen molar-refractivity contribution in [1.82, 2.24) is 5.32 Å². The third-order valence-electron chi connectivity index (χ3n) is 3.48. The number of ether oxygens (including phenoxy) is 3. The van der Waals surface area contributed by atoms with Gasteiger partial charge in [0.1, 0.15) is 12.4 Å². The number of fused-ring (bicyclic) bond motifs is 1. The summed E-state index contributed by atoms with van der Waals surface area (Å²) in [5.41, 5.74) is 1.07. The molecule has 0 fully saturated rings. The lowest BCUT2D eigenvalue weighted by Crippen LogP contribution is -2.20. The van der Waals surface area contributed by atoms with Crippen molar-refractivity contribution in [1.29, 1.82) is 0 Å². The Morgan fingerprint density at radius 3 is 2.78 bits per heavy atom. The first-order chi connectivity index (χ1) is 11.3. The van der Waals surface area contributed by atoms with Gasteiger partial charge >= 0.3 is 0 Å². The largest absolute Gasteiger partial charge is 0.492 e. The van der Waals surface area contributed by atoms with E-state index < -0.39 is 0 Å². The van der Waals surface area contributed by atoms with E-state index >= 15 is 0 Å². The summed E-state index contributed by atoms with van der Waals surface area (Å²) in [6, 6.07) is 13.7. The van der Waals surface area contributed by atoms with E-state index in [1.807, 2.05) is 42.5 Å². The average Bonchev–Trinajstić information content (AvgIpc) is 2.81. The van der Waals surface area contributed by atoms with Crippen molar-refractivity contribution in [2.45, 2.75) is 13.0 Å². The topological polar surface area (TPSA) is 39.7 Å². The van der Waals surface area contributed by atoms with Gasteiger partial charge in [0, 0.05) is 19.5 Å². The summed E-state index contributed by atoms with van der Waals surface area (Å²) < 4.78 is 17.0. The van der Waals surface area contributed by atoms with Crippen LogP contribution < -0.4 is 19.5 Å². The van der Waals surface area contributed by atoms with E-state index in [1.165, 1.54) is 0 Å². The normalized spacial score (nSPS) is 13.4. The average molecular weight is 334 g/mol.